The molecule has 1 aliphatic heterocycles. The van der Waals surface area contributed by atoms with Crippen molar-refractivity contribution in [1.82, 2.24) is 14.5 Å². The first-order chi connectivity index (χ1) is 18.2. The monoisotopic (exact) mass is 546 g/mol. The molecule has 2 atom stereocenters. The summed E-state index contributed by atoms with van der Waals surface area (Å²) in [6, 6.07) is 3.29. The number of anilines is 1. The Balaban J connectivity index is 1.74. The average Bonchev–Trinajstić information content (AvgIpc) is 3.32. The molecule has 1 aliphatic rings. The van der Waals surface area contributed by atoms with Gasteiger partial charge in [0.15, 0.2) is 17.3 Å². The number of aromatic carboxylic acids is 1. The SMILES string of the molecule is C[C@@H]([C@@H]1CCN(c2nc3c(cc2F)c(=O)c(C(=O)O)cn3-c2ccc(F)cc2F)C1)N(C)C(=O)OC(C)(C)C. The van der Waals surface area contributed by atoms with Crippen molar-refractivity contribution >= 4 is 28.9 Å². The maximum atomic E-state index is 15.3. The van der Waals surface area contributed by atoms with Crippen molar-refractivity contribution in [2.45, 2.75) is 45.8 Å². The quantitative estimate of drug-likeness (QED) is 0.499. The van der Waals surface area contributed by atoms with Gasteiger partial charge in [-0.3, -0.25) is 9.36 Å². The van der Waals surface area contributed by atoms with Crippen LogP contribution in [0.15, 0.2) is 35.3 Å². The van der Waals surface area contributed by atoms with Crippen LogP contribution in [0.4, 0.5) is 23.8 Å². The van der Waals surface area contributed by atoms with E-state index in [4.69, 9.17) is 4.74 Å². The second-order valence-electron chi connectivity index (χ2n) is 10.6. The number of nitrogens with zero attached hydrogens (tertiary/aromatic N) is 4. The third-order valence-electron chi connectivity index (χ3n) is 6.81. The highest BCUT2D eigenvalue weighted by atomic mass is 19.1. The van der Waals surface area contributed by atoms with Crippen LogP contribution >= 0.6 is 0 Å². The smallest absolute Gasteiger partial charge is 0.410 e. The van der Waals surface area contributed by atoms with Gasteiger partial charge < -0.3 is 19.6 Å². The number of fused-ring (bicyclic) bond motifs is 1. The van der Waals surface area contributed by atoms with E-state index in [9.17, 15) is 28.3 Å². The number of benzene rings is 1. The van der Waals surface area contributed by atoms with Gasteiger partial charge in [-0.25, -0.2) is 27.7 Å². The molecule has 9 nitrogen and oxygen atoms in total. The number of halogens is 3. The number of hydrogen-bond acceptors (Lipinski definition) is 6. The number of aromatic nitrogens is 2. The van der Waals surface area contributed by atoms with Gasteiger partial charge in [-0.05, 0) is 58.2 Å². The highest BCUT2D eigenvalue weighted by Crippen LogP contribution is 2.31. The first kappa shape index (κ1) is 27.9. The van der Waals surface area contributed by atoms with E-state index in [1.165, 1.54) is 4.90 Å². The van der Waals surface area contributed by atoms with Crippen LogP contribution in [-0.4, -0.2) is 63.4 Å². The van der Waals surface area contributed by atoms with Crippen LogP contribution in [0.2, 0.25) is 0 Å². The largest absolute Gasteiger partial charge is 0.477 e. The number of carboxylic acids is 1. The van der Waals surface area contributed by atoms with E-state index in [0.29, 0.717) is 25.6 Å². The Morgan fingerprint density at radius 1 is 1.18 bits per heavy atom. The van der Waals surface area contributed by atoms with Crippen molar-refractivity contribution in [3.8, 4) is 5.69 Å². The molecule has 1 amide bonds. The van der Waals surface area contributed by atoms with E-state index in [0.717, 1.165) is 29.0 Å². The topological polar surface area (TPSA) is 105 Å². The van der Waals surface area contributed by atoms with Crippen molar-refractivity contribution in [2.24, 2.45) is 5.92 Å². The molecule has 12 heteroatoms. The Bertz CT molecular complexity index is 1520. The molecule has 1 N–H and O–H groups in total. The third kappa shape index (κ3) is 5.55. The normalized spacial score (nSPS) is 16.4. The Morgan fingerprint density at radius 3 is 2.49 bits per heavy atom. The Labute approximate surface area is 222 Å². The number of carbonyl (C=O) groups excluding carboxylic acids is 1. The summed E-state index contributed by atoms with van der Waals surface area (Å²) < 4.78 is 50.1. The molecule has 39 heavy (non-hydrogen) atoms. The summed E-state index contributed by atoms with van der Waals surface area (Å²) in [5.41, 5.74) is -2.82. The van der Waals surface area contributed by atoms with Crippen molar-refractivity contribution < 1.29 is 32.6 Å². The molecule has 3 aromatic rings. The Morgan fingerprint density at radius 2 is 1.87 bits per heavy atom. The molecule has 208 valence electrons. The second-order valence-corrected chi connectivity index (χ2v) is 10.6. The molecule has 1 fully saturated rings. The fraction of sp³-hybridized carbons (Fsp3) is 0.407. The zero-order valence-corrected chi connectivity index (χ0v) is 22.2. The van der Waals surface area contributed by atoms with Crippen LogP contribution in [0.1, 0.15) is 44.5 Å². The third-order valence-corrected chi connectivity index (χ3v) is 6.81. The van der Waals surface area contributed by atoms with E-state index < -0.39 is 46.1 Å². The van der Waals surface area contributed by atoms with Gasteiger partial charge in [0.1, 0.15) is 22.8 Å². The zero-order valence-electron chi connectivity index (χ0n) is 22.2. The molecule has 0 saturated carbocycles. The number of ether oxygens (including phenoxy) is 1. The van der Waals surface area contributed by atoms with E-state index in [2.05, 4.69) is 4.98 Å². The molecule has 0 spiro atoms. The summed E-state index contributed by atoms with van der Waals surface area (Å²) in [5, 5.41) is 9.14. The van der Waals surface area contributed by atoms with E-state index >= 15 is 4.39 Å². The zero-order chi connectivity index (χ0) is 28.8. The van der Waals surface area contributed by atoms with Gasteiger partial charge in [0.25, 0.3) is 0 Å². The summed E-state index contributed by atoms with van der Waals surface area (Å²) in [6.07, 6.45) is 1.01. The van der Waals surface area contributed by atoms with Gasteiger partial charge in [0.05, 0.1) is 11.1 Å². The van der Waals surface area contributed by atoms with Gasteiger partial charge in [-0.15, -0.1) is 0 Å². The molecule has 0 bridgehead atoms. The van der Waals surface area contributed by atoms with E-state index in [1.807, 2.05) is 6.92 Å². The molecule has 4 rings (SSSR count). The number of carboxylic acid groups (broad SMARTS) is 1. The van der Waals surface area contributed by atoms with Crippen molar-refractivity contribution in [3.63, 3.8) is 0 Å². The lowest BCUT2D eigenvalue weighted by Crippen LogP contribution is -2.43. The predicted molar refractivity (Wildman–Crippen MR) is 138 cm³/mol. The first-order valence-corrected chi connectivity index (χ1v) is 12.3. The second kappa shape index (κ2) is 10.2. The summed E-state index contributed by atoms with van der Waals surface area (Å²) in [4.78, 5) is 44.5. The van der Waals surface area contributed by atoms with Gasteiger partial charge >= 0.3 is 12.1 Å². The first-order valence-electron chi connectivity index (χ1n) is 12.3. The molecule has 3 heterocycles. The predicted octanol–water partition coefficient (Wildman–Crippen LogP) is 4.58. The highest BCUT2D eigenvalue weighted by molar-refractivity contribution is 5.92. The minimum absolute atomic E-state index is 0.0643. The molecule has 0 radical (unpaired) electrons. The van der Waals surface area contributed by atoms with Gasteiger partial charge in [0, 0.05) is 38.4 Å². The van der Waals surface area contributed by atoms with Gasteiger partial charge in [0.2, 0.25) is 5.43 Å². The van der Waals surface area contributed by atoms with Gasteiger partial charge in [-0.2, -0.15) is 0 Å². The average molecular weight is 547 g/mol. The molecular formula is C27H29F3N4O5. The molecule has 1 aromatic carbocycles. The molecular weight excluding hydrogens is 517 g/mol. The number of pyridine rings is 2. The summed E-state index contributed by atoms with van der Waals surface area (Å²) >= 11 is 0. The number of carbonyl (C=O) groups is 2. The van der Waals surface area contributed by atoms with Crippen molar-refractivity contribution in [2.75, 3.05) is 25.0 Å². The standard InChI is InChI=1S/C27H29F3N4O5/c1-14(32(5)26(38)39-27(2,3)4)15-8-9-33(12-15)24-20(30)11-17-22(35)18(25(36)37)13-34(23(17)31-24)21-7-6-16(28)10-19(21)29/h6-7,10-11,13-15H,8-9,12H2,1-5H3,(H,36,37)/t14-,15+/m0/s1. The fourth-order valence-electron chi connectivity index (χ4n) is 4.64. The summed E-state index contributed by atoms with van der Waals surface area (Å²) in [6.45, 7) is 7.88. The minimum atomic E-state index is -1.59. The van der Waals surface area contributed by atoms with Crippen molar-refractivity contribution in [1.29, 1.82) is 0 Å². The fourth-order valence-corrected chi connectivity index (χ4v) is 4.64. The van der Waals surface area contributed by atoms with E-state index in [-0.39, 0.29) is 34.5 Å². The lowest BCUT2D eigenvalue weighted by atomic mass is 10.00. The van der Waals surface area contributed by atoms with Gasteiger partial charge in [-0.1, -0.05) is 0 Å². The van der Waals surface area contributed by atoms with Crippen LogP contribution in [0.25, 0.3) is 16.7 Å². The molecule has 1 saturated heterocycles. The maximum Gasteiger partial charge on any atom is 0.410 e. The lowest BCUT2D eigenvalue weighted by Gasteiger charge is -2.32. The molecule has 0 unspecified atom stereocenters. The van der Waals surface area contributed by atoms with Crippen LogP contribution in [0, 0.1) is 23.4 Å². The van der Waals surface area contributed by atoms with Crippen molar-refractivity contribution in [3.05, 3.63) is 63.7 Å². The lowest BCUT2D eigenvalue weighted by molar-refractivity contribution is 0.0192. The molecule has 2 aromatic heterocycles. The van der Waals surface area contributed by atoms with E-state index in [1.54, 1.807) is 32.7 Å². The highest BCUT2D eigenvalue weighted by Gasteiger charge is 2.34. The van der Waals surface area contributed by atoms with Crippen LogP contribution in [0.3, 0.4) is 0 Å². The number of rotatable bonds is 5. The maximum absolute atomic E-state index is 15.3. The number of amides is 1. The summed E-state index contributed by atoms with van der Waals surface area (Å²) in [7, 11) is 1.63. The van der Waals surface area contributed by atoms with Crippen LogP contribution in [0.5, 0.6) is 0 Å². The Kier molecular flexibility index (Phi) is 7.33. The minimum Gasteiger partial charge on any atom is -0.477 e. The summed E-state index contributed by atoms with van der Waals surface area (Å²) in [5.74, 6) is -4.51. The Hall–Kier alpha value is -4.09. The van der Waals surface area contributed by atoms with Crippen LogP contribution in [-0.2, 0) is 4.74 Å². The molecule has 0 aliphatic carbocycles. The number of hydrogen-bond donors (Lipinski definition) is 1. The van der Waals surface area contributed by atoms with Crippen LogP contribution < -0.4 is 10.3 Å².